The van der Waals surface area contributed by atoms with Crippen molar-refractivity contribution < 1.29 is 18.4 Å². The highest BCUT2D eigenvalue weighted by Gasteiger charge is 2.43. The summed E-state index contributed by atoms with van der Waals surface area (Å²) in [5.74, 6) is -0.849. The molecule has 0 radical (unpaired) electrons. The Bertz CT molecular complexity index is 246. The molecule has 1 unspecified atom stereocenters. The van der Waals surface area contributed by atoms with Crippen molar-refractivity contribution in [1.29, 1.82) is 0 Å². The molecule has 0 aromatic heterocycles. The van der Waals surface area contributed by atoms with Gasteiger partial charge in [0.1, 0.15) is 0 Å². The molecule has 1 saturated heterocycles. The van der Waals surface area contributed by atoms with Crippen LogP contribution in [-0.2, 0) is 18.4 Å². The van der Waals surface area contributed by atoms with E-state index in [9.17, 15) is 9.36 Å². The van der Waals surface area contributed by atoms with Crippen LogP contribution in [0.3, 0.4) is 0 Å². The van der Waals surface area contributed by atoms with Crippen LogP contribution in [0.15, 0.2) is 0 Å². The van der Waals surface area contributed by atoms with Gasteiger partial charge in [0.2, 0.25) is 0 Å². The van der Waals surface area contributed by atoms with Crippen LogP contribution >= 0.6 is 7.60 Å². The maximum atomic E-state index is 12.1. The van der Waals surface area contributed by atoms with Crippen molar-refractivity contribution in [3.8, 4) is 0 Å². The zero-order valence-corrected chi connectivity index (χ0v) is 9.38. The lowest BCUT2D eigenvalue weighted by molar-refractivity contribution is -0.117. The molecule has 0 spiro atoms. The monoisotopic (exact) mass is 221 g/mol. The highest BCUT2D eigenvalue weighted by Crippen LogP contribution is 2.53. The normalized spacial score (nSPS) is 23.0. The Kier molecular flexibility index (Phi) is 4.26. The van der Waals surface area contributed by atoms with Gasteiger partial charge in [-0.3, -0.25) is 14.7 Å². The number of rotatable bonds is 5. The second kappa shape index (κ2) is 5.03. The van der Waals surface area contributed by atoms with E-state index in [2.05, 4.69) is 5.32 Å². The molecule has 1 fully saturated rings. The summed E-state index contributed by atoms with van der Waals surface area (Å²) in [5, 5.41) is 2.85. The molecule has 14 heavy (non-hydrogen) atoms. The lowest BCUT2D eigenvalue weighted by Crippen LogP contribution is -2.29. The van der Waals surface area contributed by atoms with Crippen LogP contribution in [-0.4, -0.2) is 31.3 Å². The summed E-state index contributed by atoms with van der Waals surface area (Å²) >= 11 is 0. The number of hydrogen-bond donors (Lipinski definition) is 1. The van der Waals surface area contributed by atoms with Gasteiger partial charge in [0.05, 0.1) is 13.2 Å². The van der Waals surface area contributed by atoms with E-state index >= 15 is 0 Å². The summed E-state index contributed by atoms with van der Waals surface area (Å²) in [5.41, 5.74) is 0. The topological polar surface area (TPSA) is 64.6 Å². The van der Waals surface area contributed by atoms with Crippen LogP contribution in [0.4, 0.5) is 0 Å². The zero-order chi connectivity index (χ0) is 10.6. The minimum absolute atomic E-state index is 0.0877. The minimum Gasteiger partial charge on any atom is -0.307 e. The number of ketones is 1. The van der Waals surface area contributed by atoms with Gasteiger partial charge in [-0.25, -0.2) is 0 Å². The molecule has 82 valence electrons. The first-order chi connectivity index (χ1) is 6.64. The molecule has 0 aromatic rings. The van der Waals surface area contributed by atoms with Crippen molar-refractivity contribution >= 4 is 13.4 Å². The second-order valence-corrected chi connectivity index (χ2v) is 5.06. The van der Waals surface area contributed by atoms with Gasteiger partial charge in [0.25, 0.3) is 0 Å². The molecule has 1 N–H and O–H groups in total. The van der Waals surface area contributed by atoms with Crippen LogP contribution in [0.5, 0.6) is 0 Å². The molecule has 0 bridgehead atoms. The van der Waals surface area contributed by atoms with Crippen LogP contribution in [0.2, 0.25) is 0 Å². The Morgan fingerprint density at radius 1 is 1.43 bits per heavy atom. The lowest BCUT2D eigenvalue weighted by atomic mass is 10.4. The maximum Gasteiger partial charge on any atom is 0.355 e. The van der Waals surface area contributed by atoms with Crippen molar-refractivity contribution in [2.75, 3.05) is 19.8 Å². The van der Waals surface area contributed by atoms with Crippen molar-refractivity contribution in [1.82, 2.24) is 5.32 Å². The average Bonchev–Trinajstić information content (AvgIpc) is 2.52. The molecule has 6 heteroatoms. The predicted molar refractivity (Wildman–Crippen MR) is 52.3 cm³/mol. The fourth-order valence-electron chi connectivity index (χ4n) is 1.42. The minimum atomic E-state index is -3.28. The van der Waals surface area contributed by atoms with Crippen molar-refractivity contribution in [3.05, 3.63) is 0 Å². The van der Waals surface area contributed by atoms with E-state index in [1.165, 1.54) is 0 Å². The van der Waals surface area contributed by atoms with Gasteiger partial charge in [-0.1, -0.05) is 0 Å². The first-order valence-corrected chi connectivity index (χ1v) is 6.40. The maximum absolute atomic E-state index is 12.1. The second-order valence-electron chi connectivity index (χ2n) is 2.95. The van der Waals surface area contributed by atoms with E-state index in [-0.39, 0.29) is 19.0 Å². The first kappa shape index (κ1) is 11.9. The third-order valence-electron chi connectivity index (χ3n) is 1.95. The quantitative estimate of drug-likeness (QED) is 0.705. The predicted octanol–water partition coefficient (Wildman–Crippen LogP) is 1.14. The average molecular weight is 221 g/mol. The van der Waals surface area contributed by atoms with Crippen LogP contribution in [0, 0.1) is 0 Å². The van der Waals surface area contributed by atoms with Gasteiger partial charge in [-0.05, 0) is 13.8 Å². The molecule has 0 aromatic carbocycles. The van der Waals surface area contributed by atoms with E-state index in [0.29, 0.717) is 13.0 Å². The Morgan fingerprint density at radius 3 is 2.36 bits per heavy atom. The molecule has 1 aliphatic heterocycles. The Morgan fingerprint density at radius 2 is 2.00 bits per heavy atom. The number of hydrogen-bond acceptors (Lipinski definition) is 5. The summed E-state index contributed by atoms with van der Waals surface area (Å²) in [4.78, 5) is 11.4. The standard InChI is InChI=1S/C8H16NO4P/c1-3-12-14(11,13-4-2)8-7(10)5-6-9-8/h8-9H,3-6H2,1-2H3. The van der Waals surface area contributed by atoms with Gasteiger partial charge < -0.3 is 9.05 Å². The van der Waals surface area contributed by atoms with Gasteiger partial charge in [0.15, 0.2) is 11.6 Å². The summed E-state index contributed by atoms with van der Waals surface area (Å²) in [7, 11) is -3.28. The van der Waals surface area contributed by atoms with Gasteiger partial charge in [-0.15, -0.1) is 0 Å². The van der Waals surface area contributed by atoms with Crippen LogP contribution in [0.25, 0.3) is 0 Å². The molecule has 1 aliphatic rings. The Labute approximate surface area is 83.7 Å². The van der Waals surface area contributed by atoms with E-state index in [4.69, 9.17) is 9.05 Å². The third kappa shape index (κ3) is 2.42. The van der Waals surface area contributed by atoms with Crippen LogP contribution < -0.4 is 5.32 Å². The highest BCUT2D eigenvalue weighted by atomic mass is 31.2. The smallest absolute Gasteiger partial charge is 0.307 e. The Balaban J connectivity index is 2.75. The molecular formula is C8H16NO4P. The molecular weight excluding hydrogens is 205 g/mol. The largest absolute Gasteiger partial charge is 0.355 e. The number of nitrogens with one attached hydrogen (secondary N) is 1. The zero-order valence-electron chi connectivity index (χ0n) is 8.49. The van der Waals surface area contributed by atoms with E-state index in [1.54, 1.807) is 13.8 Å². The van der Waals surface area contributed by atoms with E-state index < -0.39 is 13.4 Å². The van der Waals surface area contributed by atoms with Crippen molar-refractivity contribution in [3.63, 3.8) is 0 Å². The molecule has 5 nitrogen and oxygen atoms in total. The van der Waals surface area contributed by atoms with Crippen molar-refractivity contribution in [2.45, 2.75) is 26.1 Å². The van der Waals surface area contributed by atoms with Gasteiger partial charge >= 0.3 is 7.60 Å². The Hall–Kier alpha value is -0.220. The van der Waals surface area contributed by atoms with Gasteiger partial charge in [-0.2, -0.15) is 0 Å². The third-order valence-corrected chi connectivity index (χ3v) is 4.29. The summed E-state index contributed by atoms with van der Waals surface area (Å²) in [6, 6.07) is 0. The van der Waals surface area contributed by atoms with Gasteiger partial charge in [0, 0.05) is 13.0 Å². The molecule has 0 amide bonds. The molecule has 0 saturated carbocycles. The fraction of sp³-hybridized carbons (Fsp3) is 0.875. The summed E-state index contributed by atoms with van der Waals surface area (Å²) < 4.78 is 22.2. The summed E-state index contributed by atoms with van der Waals surface area (Å²) in [6.45, 7) is 4.56. The molecule has 1 heterocycles. The fourth-order valence-corrected chi connectivity index (χ4v) is 3.34. The first-order valence-electron chi connectivity index (χ1n) is 4.79. The SMILES string of the molecule is CCOP(=O)(OCC)C1NCCC1=O. The number of carbonyl (C=O) groups is 1. The van der Waals surface area contributed by atoms with Crippen molar-refractivity contribution in [2.24, 2.45) is 0 Å². The number of Topliss-reactive ketones (excluding diaryl/α,β-unsaturated/α-hetero) is 1. The molecule has 1 rings (SSSR count). The van der Waals surface area contributed by atoms with Crippen LogP contribution in [0.1, 0.15) is 20.3 Å². The molecule has 1 atom stereocenters. The number of carbonyl (C=O) groups excluding carboxylic acids is 1. The van der Waals surface area contributed by atoms with E-state index in [1.807, 2.05) is 0 Å². The highest BCUT2D eigenvalue weighted by molar-refractivity contribution is 7.55. The van der Waals surface area contributed by atoms with E-state index in [0.717, 1.165) is 0 Å². The lowest BCUT2D eigenvalue weighted by Gasteiger charge is -2.21. The molecule has 0 aliphatic carbocycles. The summed E-state index contributed by atoms with van der Waals surface area (Å²) in [6.07, 6.45) is 0.398.